The van der Waals surface area contributed by atoms with E-state index in [1.807, 2.05) is 30.3 Å². The van der Waals surface area contributed by atoms with Gasteiger partial charge >= 0.3 is 0 Å². The van der Waals surface area contributed by atoms with Crippen molar-refractivity contribution in [3.63, 3.8) is 0 Å². The Morgan fingerprint density at radius 2 is 1.95 bits per heavy atom. The molecule has 0 aliphatic heterocycles. The van der Waals surface area contributed by atoms with Crippen molar-refractivity contribution in [1.29, 1.82) is 0 Å². The van der Waals surface area contributed by atoms with Crippen molar-refractivity contribution in [2.75, 3.05) is 33.5 Å². The van der Waals surface area contributed by atoms with Crippen LogP contribution in [0.1, 0.15) is 6.42 Å². The molecule has 1 aromatic carbocycles. The fourth-order valence-corrected chi connectivity index (χ4v) is 1.73. The van der Waals surface area contributed by atoms with Crippen LogP contribution >= 0.6 is 0 Å². The van der Waals surface area contributed by atoms with E-state index in [9.17, 15) is 0 Å². The molecule has 0 saturated carbocycles. The first-order chi connectivity index (χ1) is 9.40. The Morgan fingerprint density at radius 1 is 1.05 bits per heavy atom. The topological polar surface area (TPSA) is 40.6 Å². The average Bonchev–Trinajstić information content (AvgIpc) is 2.46. The fourth-order valence-electron chi connectivity index (χ4n) is 1.73. The highest BCUT2D eigenvalue weighted by molar-refractivity contribution is 5.79. The molecule has 0 atom stereocenters. The lowest BCUT2D eigenvalue weighted by Crippen LogP contribution is -2.06. The maximum Gasteiger partial charge on any atom is 0.138 e. The van der Waals surface area contributed by atoms with E-state index < -0.39 is 0 Å². The summed E-state index contributed by atoms with van der Waals surface area (Å²) in [5, 5.41) is 1.09. The van der Waals surface area contributed by atoms with E-state index >= 15 is 0 Å². The lowest BCUT2D eigenvalue weighted by molar-refractivity contribution is 0.0644. The lowest BCUT2D eigenvalue weighted by atomic mass is 10.2. The molecule has 0 bridgehead atoms. The monoisotopic (exact) mass is 261 g/mol. The molecule has 0 aliphatic rings. The number of hydrogen-bond acceptors (Lipinski definition) is 4. The van der Waals surface area contributed by atoms with Gasteiger partial charge in [0.15, 0.2) is 0 Å². The zero-order valence-electron chi connectivity index (χ0n) is 11.2. The fraction of sp³-hybridized carbons (Fsp3) is 0.400. The van der Waals surface area contributed by atoms with E-state index in [0.717, 1.165) is 23.1 Å². The molecule has 2 aromatic rings. The third-order valence-corrected chi connectivity index (χ3v) is 2.70. The molecule has 4 nitrogen and oxygen atoms in total. The molecular weight excluding hydrogens is 242 g/mol. The predicted molar refractivity (Wildman–Crippen MR) is 74.6 cm³/mol. The molecule has 0 saturated heterocycles. The van der Waals surface area contributed by atoms with Crippen molar-refractivity contribution in [3.8, 4) is 5.75 Å². The van der Waals surface area contributed by atoms with Gasteiger partial charge in [0.1, 0.15) is 5.75 Å². The number of nitrogens with zero attached hydrogens (tertiary/aromatic N) is 1. The molecule has 1 heterocycles. The van der Waals surface area contributed by atoms with Crippen LogP contribution in [0.3, 0.4) is 0 Å². The van der Waals surface area contributed by atoms with Crippen LogP contribution in [0.25, 0.3) is 10.9 Å². The first-order valence-corrected chi connectivity index (χ1v) is 6.44. The molecule has 0 fully saturated rings. The molecule has 0 aliphatic carbocycles. The maximum atomic E-state index is 5.65. The van der Waals surface area contributed by atoms with Gasteiger partial charge < -0.3 is 14.2 Å². The standard InChI is InChI=1S/C15H19NO3/c1-17-9-10-18-7-4-8-19-14-11-13-5-2-3-6-15(13)16-12-14/h2-3,5-6,11-12H,4,7-10H2,1H3. The highest BCUT2D eigenvalue weighted by Crippen LogP contribution is 2.17. The smallest absolute Gasteiger partial charge is 0.138 e. The van der Waals surface area contributed by atoms with Crippen molar-refractivity contribution in [3.05, 3.63) is 36.5 Å². The lowest BCUT2D eigenvalue weighted by Gasteiger charge is -2.07. The number of rotatable bonds is 8. The van der Waals surface area contributed by atoms with Gasteiger partial charge in [0.25, 0.3) is 0 Å². The van der Waals surface area contributed by atoms with Gasteiger partial charge in [-0.1, -0.05) is 18.2 Å². The van der Waals surface area contributed by atoms with Gasteiger partial charge in [0.05, 0.1) is 31.5 Å². The second kappa shape index (κ2) is 7.71. The quantitative estimate of drug-likeness (QED) is 0.685. The number of hydrogen-bond donors (Lipinski definition) is 0. The minimum atomic E-state index is 0.632. The molecule has 0 unspecified atom stereocenters. The predicted octanol–water partition coefficient (Wildman–Crippen LogP) is 2.67. The SMILES string of the molecule is COCCOCCCOc1cnc2ccccc2c1. The number of para-hydroxylation sites is 1. The van der Waals surface area contributed by atoms with Crippen molar-refractivity contribution < 1.29 is 14.2 Å². The first kappa shape index (κ1) is 13.8. The molecule has 102 valence electrons. The summed E-state index contributed by atoms with van der Waals surface area (Å²) in [6, 6.07) is 10.0. The summed E-state index contributed by atoms with van der Waals surface area (Å²) in [5.74, 6) is 0.801. The number of aromatic nitrogens is 1. The minimum absolute atomic E-state index is 0.632. The number of ether oxygens (including phenoxy) is 3. The van der Waals surface area contributed by atoms with Crippen molar-refractivity contribution >= 4 is 10.9 Å². The van der Waals surface area contributed by atoms with E-state index in [0.29, 0.717) is 26.4 Å². The second-order valence-electron chi connectivity index (χ2n) is 4.17. The van der Waals surface area contributed by atoms with Crippen molar-refractivity contribution in [2.45, 2.75) is 6.42 Å². The Hall–Kier alpha value is -1.65. The van der Waals surface area contributed by atoms with E-state index in [1.54, 1.807) is 13.3 Å². The largest absolute Gasteiger partial charge is 0.492 e. The van der Waals surface area contributed by atoms with Crippen LogP contribution in [0, 0.1) is 0 Å². The Balaban J connectivity index is 1.72. The van der Waals surface area contributed by atoms with Gasteiger partial charge in [0.2, 0.25) is 0 Å². The molecule has 19 heavy (non-hydrogen) atoms. The van der Waals surface area contributed by atoms with Gasteiger partial charge in [-0.15, -0.1) is 0 Å². The Kier molecular flexibility index (Phi) is 5.59. The van der Waals surface area contributed by atoms with E-state index in [4.69, 9.17) is 14.2 Å². The second-order valence-corrected chi connectivity index (χ2v) is 4.17. The molecule has 0 radical (unpaired) electrons. The summed E-state index contributed by atoms with van der Waals surface area (Å²) in [7, 11) is 1.67. The summed E-state index contributed by atoms with van der Waals surface area (Å²) < 4.78 is 15.9. The third-order valence-electron chi connectivity index (χ3n) is 2.70. The van der Waals surface area contributed by atoms with E-state index in [2.05, 4.69) is 4.98 Å². The molecule has 1 aromatic heterocycles. The Labute approximate surface area is 113 Å². The van der Waals surface area contributed by atoms with Crippen LogP contribution in [0.2, 0.25) is 0 Å². The summed E-state index contributed by atoms with van der Waals surface area (Å²) in [4.78, 5) is 4.35. The van der Waals surface area contributed by atoms with Gasteiger partial charge in [0, 0.05) is 25.5 Å². The highest BCUT2D eigenvalue weighted by atomic mass is 16.5. The van der Waals surface area contributed by atoms with Crippen LogP contribution in [0.4, 0.5) is 0 Å². The molecule has 4 heteroatoms. The number of fused-ring (bicyclic) bond motifs is 1. The molecule has 0 N–H and O–H groups in total. The molecule has 2 rings (SSSR count). The molecule has 0 amide bonds. The molecule has 0 spiro atoms. The van der Waals surface area contributed by atoms with E-state index in [1.165, 1.54) is 0 Å². The van der Waals surface area contributed by atoms with Crippen LogP contribution < -0.4 is 4.74 Å². The van der Waals surface area contributed by atoms with E-state index in [-0.39, 0.29) is 0 Å². The maximum absolute atomic E-state index is 5.65. The number of pyridine rings is 1. The highest BCUT2D eigenvalue weighted by Gasteiger charge is 1.98. The average molecular weight is 261 g/mol. The first-order valence-electron chi connectivity index (χ1n) is 6.44. The van der Waals surface area contributed by atoms with Gasteiger partial charge in [-0.25, -0.2) is 0 Å². The minimum Gasteiger partial charge on any atom is -0.492 e. The van der Waals surface area contributed by atoms with Crippen LogP contribution in [-0.2, 0) is 9.47 Å². The van der Waals surface area contributed by atoms with Crippen LogP contribution in [-0.4, -0.2) is 38.5 Å². The Morgan fingerprint density at radius 3 is 2.84 bits per heavy atom. The number of methoxy groups -OCH3 is 1. The van der Waals surface area contributed by atoms with Crippen molar-refractivity contribution in [2.24, 2.45) is 0 Å². The number of benzene rings is 1. The van der Waals surface area contributed by atoms with Gasteiger partial charge in [-0.2, -0.15) is 0 Å². The van der Waals surface area contributed by atoms with Crippen LogP contribution in [0.5, 0.6) is 5.75 Å². The summed E-state index contributed by atoms with van der Waals surface area (Å²) >= 11 is 0. The zero-order chi connectivity index (χ0) is 13.3. The normalized spacial score (nSPS) is 10.8. The Bertz CT molecular complexity index is 501. The van der Waals surface area contributed by atoms with Gasteiger partial charge in [-0.3, -0.25) is 4.98 Å². The summed E-state index contributed by atoms with van der Waals surface area (Å²) in [5.41, 5.74) is 0.984. The zero-order valence-corrected chi connectivity index (χ0v) is 11.2. The molecular formula is C15H19NO3. The summed E-state index contributed by atoms with van der Waals surface area (Å²) in [6.45, 7) is 2.58. The third kappa shape index (κ3) is 4.50. The van der Waals surface area contributed by atoms with Crippen molar-refractivity contribution in [1.82, 2.24) is 4.98 Å². The van der Waals surface area contributed by atoms with Crippen LogP contribution in [0.15, 0.2) is 36.5 Å². The summed E-state index contributed by atoms with van der Waals surface area (Å²) in [6.07, 6.45) is 2.62. The van der Waals surface area contributed by atoms with Gasteiger partial charge in [-0.05, 0) is 12.1 Å².